The smallest absolute Gasteiger partial charge is 0.196 e. The van der Waals surface area contributed by atoms with Crippen LogP contribution in [0.2, 0.25) is 0 Å². The number of nitriles is 1. The number of rotatable bonds is 9. The van der Waals surface area contributed by atoms with Gasteiger partial charge in [0.2, 0.25) is 0 Å². The summed E-state index contributed by atoms with van der Waals surface area (Å²) in [5, 5.41) is 13.9. The van der Waals surface area contributed by atoms with E-state index < -0.39 is 0 Å². The summed E-state index contributed by atoms with van der Waals surface area (Å²) in [5.74, 6) is 2.18. The van der Waals surface area contributed by atoms with E-state index in [1.165, 1.54) is 12.8 Å². The molecule has 4 rings (SSSR count). The summed E-state index contributed by atoms with van der Waals surface area (Å²) in [7, 11) is 2.04. The number of ether oxygens (including phenoxy) is 1. The standard InChI is InChI=1S/C26H30N6O/c1-5-6-18(3)31(4)26(13-17(2)20-8-9-20)33-23-14-19(16-27)7-10-21(23)22-15-24(28)30-25-11-12-29-32(22)25/h7,10-15,18,20H,2,5-6,8-9H2,1,3-4H3,(H2,28,30)/b26-13+. The Morgan fingerprint density at radius 2 is 2.18 bits per heavy atom. The molecule has 1 fully saturated rings. The van der Waals surface area contributed by atoms with E-state index >= 15 is 0 Å². The SMILES string of the molecule is C=C(/C=C(/Oc1cc(C#N)ccc1-c1cc(N)nc2ccnn12)N(C)C(C)CCC)C1CC1. The van der Waals surface area contributed by atoms with E-state index in [0.29, 0.717) is 34.6 Å². The second kappa shape index (κ2) is 9.37. The molecule has 1 aliphatic rings. The van der Waals surface area contributed by atoms with Gasteiger partial charge in [-0.05, 0) is 55.9 Å². The second-order valence-electron chi connectivity index (χ2n) is 8.67. The number of anilines is 1. The van der Waals surface area contributed by atoms with Gasteiger partial charge in [-0.1, -0.05) is 19.9 Å². The van der Waals surface area contributed by atoms with Crippen molar-refractivity contribution in [2.24, 2.45) is 5.92 Å². The minimum absolute atomic E-state index is 0.283. The Morgan fingerprint density at radius 1 is 1.39 bits per heavy atom. The first-order chi connectivity index (χ1) is 15.9. The van der Waals surface area contributed by atoms with Gasteiger partial charge in [0.15, 0.2) is 11.5 Å². The van der Waals surface area contributed by atoms with E-state index in [0.717, 1.165) is 29.7 Å². The van der Waals surface area contributed by atoms with Crippen molar-refractivity contribution in [3.63, 3.8) is 0 Å². The number of fused-ring (bicyclic) bond motifs is 1. The third-order valence-corrected chi connectivity index (χ3v) is 6.11. The van der Waals surface area contributed by atoms with Crippen LogP contribution in [0.15, 0.2) is 60.6 Å². The molecule has 0 bridgehead atoms. The largest absolute Gasteiger partial charge is 0.440 e. The molecular formula is C26H30N6O. The summed E-state index contributed by atoms with van der Waals surface area (Å²) in [6.07, 6.45) is 8.16. The first-order valence-corrected chi connectivity index (χ1v) is 11.4. The molecule has 170 valence electrons. The molecular weight excluding hydrogens is 412 g/mol. The number of aromatic nitrogens is 3. The maximum absolute atomic E-state index is 9.54. The van der Waals surface area contributed by atoms with Crippen molar-refractivity contribution in [3.05, 3.63) is 66.2 Å². The average Bonchev–Trinajstić information content (AvgIpc) is 3.55. The number of allylic oxidation sites excluding steroid dienone is 2. The summed E-state index contributed by atoms with van der Waals surface area (Å²) in [4.78, 5) is 6.48. The number of nitrogen functional groups attached to an aromatic ring is 1. The molecule has 7 heteroatoms. The Bertz CT molecular complexity index is 1250. The maximum atomic E-state index is 9.54. The van der Waals surface area contributed by atoms with Gasteiger partial charge in [-0.3, -0.25) is 0 Å². The van der Waals surface area contributed by atoms with Crippen LogP contribution in [0.1, 0.15) is 45.1 Å². The lowest BCUT2D eigenvalue weighted by Gasteiger charge is -2.29. The Labute approximate surface area is 194 Å². The fourth-order valence-electron chi connectivity index (χ4n) is 3.89. The monoisotopic (exact) mass is 442 g/mol. The maximum Gasteiger partial charge on any atom is 0.196 e. The van der Waals surface area contributed by atoms with Crippen LogP contribution in [0.4, 0.5) is 5.82 Å². The van der Waals surface area contributed by atoms with Gasteiger partial charge < -0.3 is 15.4 Å². The number of nitrogens with two attached hydrogens (primary N) is 1. The number of hydrogen-bond acceptors (Lipinski definition) is 6. The van der Waals surface area contributed by atoms with Gasteiger partial charge in [-0.15, -0.1) is 0 Å². The van der Waals surface area contributed by atoms with Crippen molar-refractivity contribution >= 4 is 11.5 Å². The molecule has 1 saturated carbocycles. The number of hydrogen-bond donors (Lipinski definition) is 1. The van der Waals surface area contributed by atoms with E-state index in [4.69, 9.17) is 10.5 Å². The van der Waals surface area contributed by atoms with Gasteiger partial charge in [0.1, 0.15) is 11.6 Å². The van der Waals surface area contributed by atoms with Gasteiger partial charge in [0.05, 0.1) is 23.5 Å². The highest BCUT2D eigenvalue weighted by Gasteiger charge is 2.25. The lowest BCUT2D eigenvalue weighted by Crippen LogP contribution is -2.31. The summed E-state index contributed by atoms with van der Waals surface area (Å²) < 4.78 is 8.28. The molecule has 2 heterocycles. The molecule has 1 unspecified atom stereocenters. The molecule has 0 amide bonds. The van der Waals surface area contributed by atoms with Crippen LogP contribution in [-0.4, -0.2) is 32.6 Å². The van der Waals surface area contributed by atoms with Crippen molar-refractivity contribution in [2.75, 3.05) is 12.8 Å². The quantitative estimate of drug-likeness (QED) is 0.364. The van der Waals surface area contributed by atoms with Crippen LogP contribution >= 0.6 is 0 Å². The number of nitrogens with zero attached hydrogens (tertiary/aromatic N) is 5. The molecule has 1 atom stereocenters. The Kier molecular flexibility index (Phi) is 6.36. The number of benzene rings is 1. The molecule has 1 aliphatic carbocycles. The van der Waals surface area contributed by atoms with E-state index in [1.807, 2.05) is 19.2 Å². The van der Waals surface area contributed by atoms with Crippen LogP contribution < -0.4 is 10.5 Å². The normalized spacial score (nSPS) is 14.7. The highest BCUT2D eigenvalue weighted by molar-refractivity contribution is 5.73. The predicted octanol–water partition coefficient (Wildman–Crippen LogP) is 5.16. The summed E-state index contributed by atoms with van der Waals surface area (Å²) in [5.41, 5.74) is 9.82. The van der Waals surface area contributed by atoms with Gasteiger partial charge in [0.25, 0.3) is 0 Å². The van der Waals surface area contributed by atoms with Gasteiger partial charge in [-0.25, -0.2) is 9.50 Å². The van der Waals surface area contributed by atoms with Crippen molar-refractivity contribution in [1.82, 2.24) is 19.5 Å². The van der Waals surface area contributed by atoms with E-state index in [1.54, 1.807) is 35.0 Å². The van der Waals surface area contributed by atoms with Crippen LogP contribution in [-0.2, 0) is 0 Å². The summed E-state index contributed by atoms with van der Waals surface area (Å²) in [6.45, 7) is 8.63. The summed E-state index contributed by atoms with van der Waals surface area (Å²) in [6, 6.07) is 11.5. The molecule has 2 aromatic heterocycles. The highest BCUT2D eigenvalue weighted by atomic mass is 16.5. The third-order valence-electron chi connectivity index (χ3n) is 6.11. The minimum atomic E-state index is 0.283. The summed E-state index contributed by atoms with van der Waals surface area (Å²) >= 11 is 0. The Hall–Kier alpha value is -3.79. The molecule has 0 aliphatic heterocycles. The fraction of sp³-hybridized carbons (Fsp3) is 0.346. The molecule has 1 aromatic carbocycles. The van der Waals surface area contributed by atoms with Crippen LogP contribution in [0.3, 0.4) is 0 Å². The van der Waals surface area contributed by atoms with Gasteiger partial charge in [-0.2, -0.15) is 10.4 Å². The van der Waals surface area contributed by atoms with Crippen LogP contribution in [0.5, 0.6) is 5.75 Å². The van der Waals surface area contributed by atoms with Crippen LogP contribution in [0.25, 0.3) is 16.9 Å². The third kappa shape index (κ3) is 4.85. The van der Waals surface area contributed by atoms with Crippen molar-refractivity contribution in [1.29, 1.82) is 5.26 Å². The average molecular weight is 443 g/mol. The molecule has 33 heavy (non-hydrogen) atoms. The second-order valence-corrected chi connectivity index (χ2v) is 8.67. The van der Waals surface area contributed by atoms with Crippen molar-refractivity contribution < 1.29 is 4.74 Å². The highest BCUT2D eigenvalue weighted by Crippen LogP contribution is 2.38. The fourth-order valence-corrected chi connectivity index (χ4v) is 3.89. The first-order valence-electron chi connectivity index (χ1n) is 11.4. The lowest BCUT2D eigenvalue weighted by atomic mass is 10.1. The van der Waals surface area contributed by atoms with Gasteiger partial charge in [0, 0.05) is 36.9 Å². The molecule has 7 nitrogen and oxygen atoms in total. The Morgan fingerprint density at radius 3 is 2.88 bits per heavy atom. The van der Waals surface area contributed by atoms with Crippen LogP contribution in [0, 0.1) is 17.2 Å². The zero-order valence-corrected chi connectivity index (χ0v) is 19.5. The molecule has 3 aromatic rings. The zero-order chi connectivity index (χ0) is 23.5. The van der Waals surface area contributed by atoms with E-state index in [2.05, 4.69) is 41.5 Å². The predicted molar refractivity (Wildman–Crippen MR) is 130 cm³/mol. The Balaban J connectivity index is 1.81. The lowest BCUT2D eigenvalue weighted by molar-refractivity contribution is 0.197. The van der Waals surface area contributed by atoms with Gasteiger partial charge >= 0.3 is 0 Å². The molecule has 0 radical (unpaired) electrons. The molecule has 0 saturated heterocycles. The van der Waals surface area contributed by atoms with Crippen molar-refractivity contribution in [3.8, 4) is 23.1 Å². The first kappa shape index (κ1) is 22.4. The van der Waals surface area contributed by atoms with Crippen molar-refractivity contribution in [2.45, 2.75) is 45.6 Å². The van der Waals surface area contributed by atoms with E-state index in [9.17, 15) is 5.26 Å². The van der Waals surface area contributed by atoms with E-state index in [-0.39, 0.29) is 6.04 Å². The molecule has 0 spiro atoms. The molecule has 2 N–H and O–H groups in total. The minimum Gasteiger partial charge on any atom is -0.440 e. The zero-order valence-electron chi connectivity index (χ0n) is 19.5. The topological polar surface area (TPSA) is 92.5 Å².